The van der Waals surface area contributed by atoms with Crippen LogP contribution in [-0.4, -0.2) is 106 Å². The van der Waals surface area contributed by atoms with Crippen LogP contribution < -0.4 is 34.3 Å². The van der Waals surface area contributed by atoms with E-state index in [1.54, 1.807) is 18.6 Å². The zero-order valence-electron chi connectivity index (χ0n) is 54.3. The lowest BCUT2D eigenvalue weighted by Crippen LogP contribution is -3.00. The highest BCUT2D eigenvalue weighted by Crippen LogP contribution is 2.26. The Labute approximate surface area is 504 Å². The minimum absolute atomic E-state index is 0. The molecule has 0 aliphatic carbocycles. The SMILES string of the molecule is C=C(C)C(=O)NS(C)(=O)=O.C=Cc1ccc(C(C)(C)C)cc1.C=Cc1ccccc1.CCC(C)(C)C(=O)NS(C)(=O)=O.CCC(C)c1ccc(C(C)(C)C)cc1.CCC(C)c1ccccc1.CC[N+](C)(C)C.CC[N+](C)(C)C.[Cl-].[Cl-]. The molecule has 10 nitrogen and oxygen atoms in total. The highest BCUT2D eigenvalue weighted by atomic mass is 35.5. The van der Waals surface area contributed by atoms with Crippen molar-refractivity contribution >= 4 is 44.0 Å². The van der Waals surface area contributed by atoms with Gasteiger partial charge in [0, 0.05) is 11.0 Å². The van der Waals surface area contributed by atoms with Crippen LogP contribution in [0.15, 0.2) is 135 Å². The monoisotopic (exact) mass is 1190 g/mol. The number of hydrogen-bond acceptors (Lipinski definition) is 6. The van der Waals surface area contributed by atoms with E-state index in [-0.39, 0.29) is 41.2 Å². The van der Waals surface area contributed by atoms with Gasteiger partial charge >= 0.3 is 0 Å². The third kappa shape index (κ3) is 49.3. The fourth-order valence-electron chi connectivity index (χ4n) is 5.00. The number of carbonyl (C=O) groups excluding carboxylic acids is 2. The van der Waals surface area contributed by atoms with Gasteiger partial charge in [0.1, 0.15) is 0 Å². The molecule has 14 heteroatoms. The summed E-state index contributed by atoms with van der Waals surface area (Å²) in [5, 5.41) is 0. The zero-order valence-corrected chi connectivity index (χ0v) is 57.4. The van der Waals surface area contributed by atoms with E-state index in [0.29, 0.717) is 18.3 Å². The number of rotatable bonds is 13. The fraction of sp³-hybridized carbons (Fsp3) is 0.515. The highest BCUT2D eigenvalue weighted by molar-refractivity contribution is 7.89. The number of hydrogen-bond donors (Lipinski definition) is 2. The minimum atomic E-state index is -3.43. The number of benzene rings is 4. The molecule has 0 heterocycles. The smallest absolute Gasteiger partial charge is 0.259 e. The van der Waals surface area contributed by atoms with Crippen molar-refractivity contribution in [1.82, 2.24) is 9.44 Å². The molecule has 0 aromatic heterocycles. The van der Waals surface area contributed by atoms with Gasteiger partial charge in [-0.1, -0.05) is 231 Å². The Morgan fingerprint density at radius 2 is 0.812 bits per heavy atom. The summed E-state index contributed by atoms with van der Waals surface area (Å²) in [6, 6.07) is 38.3. The number of quaternary nitrogens is 2. The topological polar surface area (TPSA) is 126 Å². The Hall–Kier alpha value is -4.56. The van der Waals surface area contributed by atoms with Gasteiger partial charge in [-0.15, -0.1) is 0 Å². The van der Waals surface area contributed by atoms with E-state index in [4.69, 9.17) is 0 Å². The second-order valence-electron chi connectivity index (χ2n) is 24.2. The number of nitrogens with one attached hydrogen (secondary N) is 2. The van der Waals surface area contributed by atoms with Gasteiger partial charge in [-0.3, -0.25) is 14.3 Å². The predicted octanol–water partition coefficient (Wildman–Crippen LogP) is 9.22. The summed E-state index contributed by atoms with van der Waals surface area (Å²) in [6.07, 6.45) is 8.63. The molecule has 2 unspecified atom stereocenters. The average molecular weight is 1190 g/mol. The van der Waals surface area contributed by atoms with Gasteiger partial charge in [0.25, 0.3) is 5.91 Å². The standard InChI is InChI=1S/C14H22.C12H16.C10H14.C8H8.C7H15NO3S.C5H9NO3S.2C5H14N.2ClH/c1-6-11(2)12-7-9-13(10-8-12)14(3,4)5;1-5-10-6-8-11(9-7-10)12(2,3)4;1-3-9(2)10-7-5-4-6-8-10;1-2-8-6-4-3-5-7-8;1-5-7(2,3)6(9)8-12(4,10)11;1-4(2)5(7)6-10(3,8)9;2*1-5-6(2,3)4;;/h7-11H,6H2,1-5H3;5-9H,1H2,2-4H3;4-9H,3H2,1-2H3;2-7H,1H2;5H2,1-4H3,(H,8,9);1H2,2-3H3,(H,6,7);2*5H2,1-4H3;2*1H/q;;;;;;2*+1;;/p-2. The van der Waals surface area contributed by atoms with Crippen LogP contribution in [0.25, 0.3) is 12.2 Å². The molecule has 2 atom stereocenters. The van der Waals surface area contributed by atoms with Crippen LogP contribution in [-0.2, 0) is 40.5 Å². The third-order valence-corrected chi connectivity index (χ3v) is 13.4. The van der Waals surface area contributed by atoms with Crippen LogP contribution >= 0.6 is 0 Å². The van der Waals surface area contributed by atoms with Crippen molar-refractivity contribution in [2.45, 2.75) is 153 Å². The number of nitrogens with zero attached hydrogens (tertiary/aromatic N) is 2. The van der Waals surface area contributed by atoms with Crippen molar-refractivity contribution in [1.29, 1.82) is 0 Å². The van der Waals surface area contributed by atoms with Crippen molar-refractivity contribution in [3.63, 3.8) is 0 Å². The Bertz CT molecular complexity index is 2490. The van der Waals surface area contributed by atoms with Crippen molar-refractivity contribution in [2.24, 2.45) is 5.41 Å². The first-order valence-electron chi connectivity index (χ1n) is 27.3. The number of amides is 2. The normalized spacial score (nSPS) is 11.7. The van der Waals surface area contributed by atoms with Crippen molar-refractivity contribution < 1.29 is 60.2 Å². The fourth-order valence-corrected chi connectivity index (χ4v) is 6.12. The number of sulfonamides is 2. The average Bonchev–Trinajstić information content (AvgIpc) is 3.35. The summed E-state index contributed by atoms with van der Waals surface area (Å²) in [5.74, 6) is 0.278. The lowest BCUT2D eigenvalue weighted by molar-refractivity contribution is -0.868. The largest absolute Gasteiger partial charge is 1.00 e. The Morgan fingerprint density at radius 3 is 1.04 bits per heavy atom. The van der Waals surface area contributed by atoms with Crippen LogP contribution in [0.1, 0.15) is 175 Å². The highest BCUT2D eigenvalue weighted by Gasteiger charge is 2.27. The quantitative estimate of drug-likeness (QED) is 0.102. The first-order chi connectivity index (χ1) is 35.4. The third-order valence-electron chi connectivity index (χ3n) is 12.3. The van der Waals surface area contributed by atoms with E-state index >= 15 is 0 Å². The Kier molecular flexibility index (Phi) is 45.8. The van der Waals surface area contributed by atoms with Crippen LogP contribution in [0.5, 0.6) is 0 Å². The Morgan fingerprint density at radius 1 is 0.525 bits per heavy atom. The summed E-state index contributed by atoms with van der Waals surface area (Å²) in [7, 11) is 6.24. The molecule has 0 aliphatic heterocycles. The van der Waals surface area contributed by atoms with Gasteiger partial charge in [0.15, 0.2) is 0 Å². The molecule has 4 aromatic carbocycles. The molecule has 0 saturated heterocycles. The van der Waals surface area contributed by atoms with Crippen molar-refractivity contribution in [3.05, 3.63) is 168 Å². The molecular formula is C66H112Cl2N4O6S2. The van der Waals surface area contributed by atoms with Gasteiger partial charge in [-0.25, -0.2) is 21.6 Å². The van der Waals surface area contributed by atoms with Gasteiger partial charge in [-0.2, -0.15) is 0 Å². The van der Waals surface area contributed by atoms with Gasteiger partial charge in [-0.05, 0) is 96.1 Å². The van der Waals surface area contributed by atoms with Crippen LogP contribution in [0.4, 0.5) is 0 Å². The van der Waals surface area contributed by atoms with E-state index in [1.165, 1.54) is 66.2 Å². The molecule has 0 bridgehead atoms. The second-order valence-corrected chi connectivity index (χ2v) is 27.7. The van der Waals surface area contributed by atoms with Gasteiger partial charge in [0.05, 0.1) is 67.9 Å². The Balaban J connectivity index is -0.000000198. The van der Waals surface area contributed by atoms with E-state index < -0.39 is 37.3 Å². The summed E-state index contributed by atoms with van der Waals surface area (Å²) < 4.78 is 47.9. The molecule has 0 radical (unpaired) electrons. The maximum absolute atomic E-state index is 11.2. The molecule has 0 spiro atoms. The molecule has 4 aromatic rings. The number of halogens is 2. The summed E-state index contributed by atoms with van der Waals surface area (Å²) in [6.45, 7) is 46.5. The molecule has 0 fully saturated rings. The van der Waals surface area contributed by atoms with E-state index in [0.717, 1.165) is 21.5 Å². The molecule has 2 N–H and O–H groups in total. The predicted molar refractivity (Wildman–Crippen MR) is 343 cm³/mol. The summed E-state index contributed by atoms with van der Waals surface area (Å²) in [4.78, 5) is 21.8. The second kappa shape index (κ2) is 42.3. The lowest BCUT2D eigenvalue weighted by Gasteiger charge is -2.20. The van der Waals surface area contributed by atoms with Gasteiger partial charge < -0.3 is 33.8 Å². The van der Waals surface area contributed by atoms with Crippen molar-refractivity contribution in [3.8, 4) is 0 Å². The summed E-state index contributed by atoms with van der Waals surface area (Å²) in [5.41, 5.74) is 8.13. The van der Waals surface area contributed by atoms with Crippen LogP contribution in [0.2, 0.25) is 0 Å². The number of carbonyl (C=O) groups is 2. The molecular weight excluding hydrogens is 1080 g/mol. The van der Waals surface area contributed by atoms with Gasteiger partial charge in [0.2, 0.25) is 26.0 Å². The lowest BCUT2D eigenvalue weighted by atomic mass is 9.85. The molecule has 458 valence electrons. The summed E-state index contributed by atoms with van der Waals surface area (Å²) >= 11 is 0. The zero-order chi connectivity index (χ0) is 61.9. The van der Waals surface area contributed by atoms with E-state index in [2.05, 4.69) is 224 Å². The maximum atomic E-state index is 11.2. The van der Waals surface area contributed by atoms with Crippen LogP contribution in [0, 0.1) is 5.41 Å². The minimum Gasteiger partial charge on any atom is -1.00 e. The first kappa shape index (κ1) is 86.7. The molecule has 0 saturated carbocycles. The first-order valence-corrected chi connectivity index (χ1v) is 31.0. The van der Waals surface area contributed by atoms with E-state index in [9.17, 15) is 26.4 Å². The molecule has 2 amide bonds. The van der Waals surface area contributed by atoms with Crippen molar-refractivity contribution in [2.75, 3.05) is 67.9 Å². The molecule has 80 heavy (non-hydrogen) atoms. The maximum Gasteiger partial charge on any atom is 0.259 e. The van der Waals surface area contributed by atoms with E-state index in [1.807, 2.05) is 54.1 Å². The molecule has 4 rings (SSSR count). The molecule has 0 aliphatic rings. The van der Waals surface area contributed by atoms with Crippen LogP contribution in [0.3, 0.4) is 0 Å².